The zero-order valence-electron chi connectivity index (χ0n) is 9.60. The Kier molecular flexibility index (Phi) is 3.81. The fraction of sp³-hybridized carbons (Fsp3) is 0.417. The molecule has 0 spiro atoms. The van der Waals surface area contributed by atoms with Gasteiger partial charge in [-0.2, -0.15) is 0 Å². The predicted molar refractivity (Wildman–Crippen MR) is 66.3 cm³/mol. The largest absolute Gasteiger partial charge is 0.481 e. The molecule has 1 amide bonds. The van der Waals surface area contributed by atoms with E-state index in [4.69, 9.17) is 16.7 Å². The minimum Gasteiger partial charge on any atom is -0.481 e. The summed E-state index contributed by atoms with van der Waals surface area (Å²) in [6, 6.07) is 3.28. The Morgan fingerprint density at radius 1 is 1.39 bits per heavy atom. The molecule has 2 atom stereocenters. The third-order valence-corrected chi connectivity index (χ3v) is 3.47. The van der Waals surface area contributed by atoms with Gasteiger partial charge in [0.1, 0.15) is 0 Å². The number of nitrogens with one attached hydrogen (secondary N) is 1. The summed E-state index contributed by atoms with van der Waals surface area (Å²) < 4.78 is 0. The molecule has 1 saturated carbocycles. The third kappa shape index (κ3) is 2.61. The number of rotatable bonds is 3. The average Bonchev–Trinajstić information content (AvgIpc) is 2.81. The van der Waals surface area contributed by atoms with E-state index in [0.717, 1.165) is 6.42 Å². The van der Waals surface area contributed by atoms with Crippen molar-refractivity contribution < 1.29 is 14.7 Å². The van der Waals surface area contributed by atoms with Crippen molar-refractivity contribution in [2.24, 2.45) is 11.8 Å². The fourth-order valence-electron chi connectivity index (χ4n) is 2.26. The first kappa shape index (κ1) is 12.8. The van der Waals surface area contributed by atoms with Crippen LogP contribution in [0.3, 0.4) is 0 Å². The second-order valence-corrected chi connectivity index (χ2v) is 4.71. The van der Waals surface area contributed by atoms with Gasteiger partial charge in [-0.15, -0.1) is 0 Å². The highest BCUT2D eigenvalue weighted by Gasteiger charge is 2.37. The number of carboxylic acids is 1. The number of hydrogen-bond acceptors (Lipinski definition) is 3. The van der Waals surface area contributed by atoms with Crippen LogP contribution < -0.4 is 5.32 Å². The lowest BCUT2D eigenvalue weighted by Crippen LogP contribution is -2.30. The molecule has 5 nitrogen and oxygen atoms in total. The first-order valence-electron chi connectivity index (χ1n) is 5.74. The standard InChI is InChI=1S/C12H13ClN2O3/c13-9-5-2-6-14-10(9)15-11(16)7-3-1-4-8(7)12(17)18/h2,5-8H,1,3-4H2,(H,17,18)(H,14,15,16)/t7-,8+/m1/s1. The van der Waals surface area contributed by atoms with Gasteiger partial charge >= 0.3 is 5.97 Å². The van der Waals surface area contributed by atoms with Gasteiger partial charge in [-0.3, -0.25) is 9.59 Å². The first-order chi connectivity index (χ1) is 8.59. The van der Waals surface area contributed by atoms with E-state index in [1.165, 1.54) is 6.20 Å². The summed E-state index contributed by atoms with van der Waals surface area (Å²) in [6.45, 7) is 0. The molecule has 18 heavy (non-hydrogen) atoms. The summed E-state index contributed by atoms with van der Waals surface area (Å²) in [7, 11) is 0. The highest BCUT2D eigenvalue weighted by molar-refractivity contribution is 6.33. The zero-order chi connectivity index (χ0) is 13.1. The van der Waals surface area contributed by atoms with Crippen LogP contribution in [0.5, 0.6) is 0 Å². The third-order valence-electron chi connectivity index (χ3n) is 3.17. The molecular weight excluding hydrogens is 256 g/mol. The van der Waals surface area contributed by atoms with Crippen molar-refractivity contribution in [2.45, 2.75) is 19.3 Å². The van der Waals surface area contributed by atoms with Crippen LogP contribution in [0.15, 0.2) is 18.3 Å². The van der Waals surface area contributed by atoms with Crippen molar-refractivity contribution in [2.75, 3.05) is 5.32 Å². The van der Waals surface area contributed by atoms with Gasteiger partial charge in [0.25, 0.3) is 0 Å². The second-order valence-electron chi connectivity index (χ2n) is 4.31. The minimum atomic E-state index is -0.917. The smallest absolute Gasteiger partial charge is 0.307 e. The van der Waals surface area contributed by atoms with Gasteiger partial charge in [0, 0.05) is 6.20 Å². The first-order valence-corrected chi connectivity index (χ1v) is 6.11. The number of carboxylic acid groups (broad SMARTS) is 1. The Morgan fingerprint density at radius 3 is 2.78 bits per heavy atom. The van der Waals surface area contributed by atoms with Crippen LogP contribution in [0.1, 0.15) is 19.3 Å². The van der Waals surface area contributed by atoms with E-state index in [1.807, 2.05) is 0 Å². The maximum atomic E-state index is 12.0. The normalized spacial score (nSPS) is 22.7. The van der Waals surface area contributed by atoms with Crippen molar-refractivity contribution in [3.05, 3.63) is 23.4 Å². The van der Waals surface area contributed by atoms with Crippen LogP contribution >= 0.6 is 11.6 Å². The van der Waals surface area contributed by atoms with Crippen molar-refractivity contribution >= 4 is 29.3 Å². The molecule has 0 radical (unpaired) electrons. The Hall–Kier alpha value is -1.62. The Bertz CT molecular complexity index is 478. The van der Waals surface area contributed by atoms with Crippen LogP contribution in [-0.2, 0) is 9.59 Å². The highest BCUT2D eigenvalue weighted by Crippen LogP contribution is 2.33. The van der Waals surface area contributed by atoms with E-state index in [9.17, 15) is 9.59 Å². The monoisotopic (exact) mass is 268 g/mol. The molecule has 1 aliphatic rings. The molecule has 1 fully saturated rings. The van der Waals surface area contributed by atoms with Crippen molar-refractivity contribution in [1.29, 1.82) is 0 Å². The number of amides is 1. The molecule has 0 bridgehead atoms. The number of aliphatic carboxylic acids is 1. The zero-order valence-corrected chi connectivity index (χ0v) is 10.4. The molecule has 0 aromatic carbocycles. The summed E-state index contributed by atoms with van der Waals surface area (Å²) in [5, 5.41) is 12.0. The lowest BCUT2D eigenvalue weighted by atomic mass is 9.95. The number of pyridine rings is 1. The molecule has 1 heterocycles. The quantitative estimate of drug-likeness (QED) is 0.881. The van der Waals surface area contributed by atoms with E-state index < -0.39 is 17.8 Å². The van der Waals surface area contributed by atoms with Gasteiger partial charge < -0.3 is 10.4 Å². The summed E-state index contributed by atoms with van der Waals surface area (Å²) in [4.78, 5) is 27.0. The second kappa shape index (κ2) is 5.35. The lowest BCUT2D eigenvalue weighted by molar-refractivity contribution is -0.145. The molecule has 96 valence electrons. The van der Waals surface area contributed by atoms with Crippen LogP contribution in [-0.4, -0.2) is 22.0 Å². The number of nitrogens with zero attached hydrogens (tertiary/aromatic N) is 1. The number of anilines is 1. The molecule has 2 N–H and O–H groups in total. The van der Waals surface area contributed by atoms with E-state index in [1.54, 1.807) is 12.1 Å². The SMILES string of the molecule is O=C(O)[C@H]1CCC[C@H]1C(=O)Nc1ncccc1Cl. The molecule has 1 aromatic rings. The predicted octanol–water partition coefficient (Wildman–Crippen LogP) is 2.17. The molecule has 0 unspecified atom stereocenters. The summed E-state index contributed by atoms with van der Waals surface area (Å²) in [5.74, 6) is -2.06. The molecule has 1 aliphatic carbocycles. The maximum absolute atomic E-state index is 12.0. The Morgan fingerprint density at radius 2 is 2.11 bits per heavy atom. The van der Waals surface area contributed by atoms with E-state index in [0.29, 0.717) is 17.9 Å². The molecule has 0 saturated heterocycles. The van der Waals surface area contributed by atoms with E-state index in [2.05, 4.69) is 10.3 Å². The van der Waals surface area contributed by atoms with E-state index in [-0.39, 0.29) is 11.7 Å². The average molecular weight is 269 g/mol. The van der Waals surface area contributed by atoms with Gasteiger partial charge in [0.05, 0.1) is 16.9 Å². The molecule has 2 rings (SSSR count). The molecule has 1 aromatic heterocycles. The Labute approximate surface area is 109 Å². The number of aromatic nitrogens is 1. The lowest BCUT2D eigenvalue weighted by Gasteiger charge is -2.15. The number of carbonyl (C=O) groups excluding carboxylic acids is 1. The molecule has 0 aliphatic heterocycles. The van der Waals surface area contributed by atoms with Crippen LogP contribution in [0.25, 0.3) is 0 Å². The van der Waals surface area contributed by atoms with Gasteiger partial charge in [-0.25, -0.2) is 4.98 Å². The highest BCUT2D eigenvalue weighted by atomic mass is 35.5. The van der Waals surface area contributed by atoms with Gasteiger partial charge in [0.2, 0.25) is 5.91 Å². The molecular formula is C12H13ClN2O3. The van der Waals surface area contributed by atoms with Crippen LogP contribution in [0.2, 0.25) is 5.02 Å². The van der Waals surface area contributed by atoms with Crippen LogP contribution in [0.4, 0.5) is 5.82 Å². The molecule has 6 heteroatoms. The topological polar surface area (TPSA) is 79.3 Å². The summed E-state index contributed by atoms with van der Waals surface area (Å²) in [5.41, 5.74) is 0. The fourth-order valence-corrected chi connectivity index (χ4v) is 2.43. The van der Waals surface area contributed by atoms with Crippen molar-refractivity contribution in [3.8, 4) is 0 Å². The van der Waals surface area contributed by atoms with Crippen molar-refractivity contribution in [1.82, 2.24) is 4.98 Å². The number of carbonyl (C=O) groups is 2. The summed E-state index contributed by atoms with van der Waals surface area (Å²) >= 11 is 5.88. The van der Waals surface area contributed by atoms with Crippen LogP contribution in [0, 0.1) is 11.8 Å². The summed E-state index contributed by atoms with van der Waals surface area (Å²) in [6.07, 6.45) is 3.41. The van der Waals surface area contributed by atoms with Crippen molar-refractivity contribution in [3.63, 3.8) is 0 Å². The van der Waals surface area contributed by atoms with Gasteiger partial charge in [-0.1, -0.05) is 18.0 Å². The van der Waals surface area contributed by atoms with E-state index >= 15 is 0 Å². The van der Waals surface area contributed by atoms with Gasteiger partial charge in [-0.05, 0) is 25.0 Å². The number of hydrogen-bond donors (Lipinski definition) is 2. The maximum Gasteiger partial charge on any atom is 0.307 e. The number of halogens is 1. The minimum absolute atomic E-state index is 0.278. The Balaban J connectivity index is 2.08. The van der Waals surface area contributed by atoms with Gasteiger partial charge in [0.15, 0.2) is 5.82 Å².